The Morgan fingerprint density at radius 3 is 2.63 bits per heavy atom. The van der Waals surface area contributed by atoms with E-state index in [0.717, 1.165) is 43.9 Å². The van der Waals surface area contributed by atoms with Gasteiger partial charge < -0.3 is 5.11 Å². The summed E-state index contributed by atoms with van der Waals surface area (Å²) < 4.78 is 0. The van der Waals surface area contributed by atoms with Gasteiger partial charge in [-0.05, 0) is 49.9 Å². The van der Waals surface area contributed by atoms with Gasteiger partial charge in [0.2, 0.25) is 0 Å². The van der Waals surface area contributed by atoms with Crippen LogP contribution in [0.25, 0.3) is 0 Å². The average molecular weight is 282 g/mol. The van der Waals surface area contributed by atoms with Gasteiger partial charge in [-0.25, -0.2) is 0 Å². The minimum atomic E-state index is -0.682. The van der Waals surface area contributed by atoms with E-state index >= 15 is 0 Å². The smallest absolute Gasteiger partial charge is 0.303 e. The lowest BCUT2D eigenvalue weighted by molar-refractivity contribution is -0.137. The average Bonchev–Trinajstić information content (AvgIpc) is 2.40. The van der Waals surface area contributed by atoms with Crippen molar-refractivity contribution in [3.8, 4) is 0 Å². The molecule has 0 spiro atoms. The molecule has 0 bridgehead atoms. The first-order valence-electron chi connectivity index (χ1n) is 6.82. The van der Waals surface area contributed by atoms with Crippen LogP contribution in [0.4, 0.5) is 0 Å². The highest BCUT2D eigenvalue weighted by atomic mass is 35.5. The molecule has 2 rings (SSSR count). The number of carbonyl (C=O) groups is 1. The van der Waals surface area contributed by atoms with Crippen LogP contribution in [0.3, 0.4) is 0 Å². The van der Waals surface area contributed by atoms with E-state index in [1.807, 2.05) is 18.2 Å². The topological polar surface area (TPSA) is 40.5 Å². The number of nitrogens with zero attached hydrogens (tertiary/aromatic N) is 1. The number of aliphatic carboxylic acids is 1. The molecule has 0 radical (unpaired) electrons. The third-order valence-corrected chi connectivity index (χ3v) is 4.19. The van der Waals surface area contributed by atoms with Crippen molar-refractivity contribution in [3.05, 3.63) is 34.9 Å². The number of likely N-dealkylation sites (tertiary alicyclic amines) is 1. The van der Waals surface area contributed by atoms with E-state index in [4.69, 9.17) is 16.7 Å². The van der Waals surface area contributed by atoms with Gasteiger partial charge in [-0.15, -0.1) is 0 Å². The van der Waals surface area contributed by atoms with Crippen molar-refractivity contribution in [1.29, 1.82) is 0 Å². The molecule has 1 aromatic rings. The number of carboxylic acid groups (broad SMARTS) is 1. The van der Waals surface area contributed by atoms with E-state index in [2.05, 4.69) is 11.0 Å². The van der Waals surface area contributed by atoms with Crippen LogP contribution in [0.1, 0.15) is 31.2 Å². The molecule has 1 aromatic carbocycles. The molecule has 1 aliphatic heterocycles. The molecule has 1 saturated heterocycles. The summed E-state index contributed by atoms with van der Waals surface area (Å²) in [4.78, 5) is 13.0. The predicted octanol–water partition coefficient (Wildman–Crippen LogP) is 3.42. The molecule has 1 heterocycles. The molecule has 3 nitrogen and oxygen atoms in total. The van der Waals surface area contributed by atoms with Gasteiger partial charge in [0.15, 0.2) is 0 Å². The molecule has 0 aromatic heterocycles. The van der Waals surface area contributed by atoms with E-state index in [-0.39, 0.29) is 0 Å². The van der Waals surface area contributed by atoms with E-state index in [1.165, 1.54) is 5.56 Å². The number of hydrogen-bond donors (Lipinski definition) is 1. The molecule has 0 atom stereocenters. The Morgan fingerprint density at radius 1 is 1.32 bits per heavy atom. The van der Waals surface area contributed by atoms with Gasteiger partial charge in [-0.1, -0.05) is 29.8 Å². The van der Waals surface area contributed by atoms with Crippen molar-refractivity contribution in [3.63, 3.8) is 0 Å². The second kappa shape index (κ2) is 6.92. The van der Waals surface area contributed by atoms with Gasteiger partial charge in [0, 0.05) is 18.0 Å². The van der Waals surface area contributed by atoms with Crippen LogP contribution in [0.15, 0.2) is 24.3 Å². The largest absolute Gasteiger partial charge is 0.481 e. The fourth-order valence-electron chi connectivity index (χ4n) is 2.63. The normalized spacial score (nSPS) is 17.5. The number of piperidine rings is 1. The fraction of sp³-hybridized carbons (Fsp3) is 0.533. The highest BCUT2D eigenvalue weighted by Gasteiger charge is 2.20. The third-order valence-electron chi connectivity index (χ3n) is 3.83. The monoisotopic (exact) mass is 281 g/mol. The molecule has 1 aliphatic rings. The number of benzene rings is 1. The second-order valence-corrected chi connectivity index (χ2v) is 5.65. The molecule has 0 saturated carbocycles. The van der Waals surface area contributed by atoms with Gasteiger partial charge in [0.05, 0.1) is 0 Å². The fourth-order valence-corrected chi connectivity index (χ4v) is 2.82. The minimum absolute atomic E-state index is 0.301. The van der Waals surface area contributed by atoms with E-state index in [0.29, 0.717) is 12.3 Å². The highest BCUT2D eigenvalue weighted by molar-refractivity contribution is 6.31. The summed E-state index contributed by atoms with van der Waals surface area (Å²) in [5, 5.41) is 9.53. The van der Waals surface area contributed by atoms with Gasteiger partial charge >= 0.3 is 5.97 Å². The number of carboxylic acids is 1. The van der Waals surface area contributed by atoms with Crippen LogP contribution in [0.2, 0.25) is 5.02 Å². The van der Waals surface area contributed by atoms with Crippen LogP contribution < -0.4 is 0 Å². The van der Waals surface area contributed by atoms with Crippen molar-refractivity contribution in [1.82, 2.24) is 4.90 Å². The zero-order valence-electron chi connectivity index (χ0n) is 11.0. The zero-order chi connectivity index (χ0) is 13.7. The standard InChI is InChI=1S/C15H20ClNO2/c16-14-4-2-1-3-13(14)11-17-9-7-12(8-10-17)5-6-15(18)19/h1-4,12H,5-11H2,(H,18,19). The summed E-state index contributed by atoms with van der Waals surface area (Å²) in [5.41, 5.74) is 1.17. The Kier molecular flexibility index (Phi) is 5.23. The van der Waals surface area contributed by atoms with Gasteiger partial charge in [0.25, 0.3) is 0 Å². The number of hydrogen-bond acceptors (Lipinski definition) is 2. The Morgan fingerprint density at radius 2 is 2.00 bits per heavy atom. The predicted molar refractivity (Wildman–Crippen MR) is 76.3 cm³/mol. The third kappa shape index (κ3) is 4.51. The highest BCUT2D eigenvalue weighted by Crippen LogP contribution is 2.24. The molecule has 0 unspecified atom stereocenters. The molecular formula is C15H20ClNO2. The first kappa shape index (κ1) is 14.4. The summed E-state index contributed by atoms with van der Waals surface area (Å²) in [6.45, 7) is 2.97. The first-order chi connectivity index (χ1) is 9.15. The summed E-state index contributed by atoms with van der Waals surface area (Å²) >= 11 is 6.16. The Hall–Kier alpha value is -1.06. The first-order valence-corrected chi connectivity index (χ1v) is 7.20. The van der Waals surface area contributed by atoms with E-state index in [1.54, 1.807) is 0 Å². The molecule has 0 amide bonds. The Labute approximate surface area is 119 Å². The number of halogens is 1. The van der Waals surface area contributed by atoms with Crippen LogP contribution in [0.5, 0.6) is 0 Å². The van der Waals surface area contributed by atoms with Crippen LogP contribution in [-0.2, 0) is 11.3 Å². The molecular weight excluding hydrogens is 262 g/mol. The minimum Gasteiger partial charge on any atom is -0.481 e. The molecule has 0 aliphatic carbocycles. The van der Waals surface area contributed by atoms with Gasteiger partial charge in [0.1, 0.15) is 0 Å². The maximum absolute atomic E-state index is 10.6. The van der Waals surface area contributed by atoms with Crippen LogP contribution in [-0.4, -0.2) is 29.1 Å². The lowest BCUT2D eigenvalue weighted by Crippen LogP contribution is -2.33. The van der Waals surface area contributed by atoms with Crippen LogP contribution in [0, 0.1) is 5.92 Å². The van der Waals surface area contributed by atoms with Gasteiger partial charge in [-0.3, -0.25) is 9.69 Å². The van der Waals surface area contributed by atoms with Crippen molar-refractivity contribution in [2.75, 3.05) is 13.1 Å². The van der Waals surface area contributed by atoms with Crippen LogP contribution >= 0.6 is 11.6 Å². The van der Waals surface area contributed by atoms with Crippen molar-refractivity contribution in [2.45, 2.75) is 32.2 Å². The summed E-state index contributed by atoms with van der Waals surface area (Å²) in [5.74, 6) is -0.114. The summed E-state index contributed by atoms with van der Waals surface area (Å²) in [6, 6.07) is 7.96. The molecule has 104 valence electrons. The lowest BCUT2D eigenvalue weighted by Gasteiger charge is -2.32. The van der Waals surface area contributed by atoms with Crippen molar-refractivity contribution < 1.29 is 9.90 Å². The van der Waals surface area contributed by atoms with Gasteiger partial charge in [-0.2, -0.15) is 0 Å². The second-order valence-electron chi connectivity index (χ2n) is 5.24. The Balaban J connectivity index is 1.77. The molecule has 1 fully saturated rings. The molecule has 19 heavy (non-hydrogen) atoms. The molecule has 4 heteroatoms. The van der Waals surface area contributed by atoms with Crippen molar-refractivity contribution >= 4 is 17.6 Å². The lowest BCUT2D eigenvalue weighted by atomic mass is 9.92. The summed E-state index contributed by atoms with van der Waals surface area (Å²) in [6.07, 6.45) is 3.31. The quantitative estimate of drug-likeness (QED) is 0.899. The summed E-state index contributed by atoms with van der Waals surface area (Å²) in [7, 11) is 0. The Bertz CT molecular complexity index is 428. The zero-order valence-corrected chi connectivity index (χ0v) is 11.8. The maximum Gasteiger partial charge on any atom is 0.303 e. The SMILES string of the molecule is O=C(O)CCC1CCN(Cc2ccccc2Cl)CC1. The molecule has 1 N–H and O–H groups in total. The number of rotatable bonds is 5. The van der Waals surface area contributed by atoms with Crippen molar-refractivity contribution in [2.24, 2.45) is 5.92 Å². The maximum atomic E-state index is 10.6. The van der Waals surface area contributed by atoms with E-state index in [9.17, 15) is 4.79 Å². The van der Waals surface area contributed by atoms with E-state index < -0.39 is 5.97 Å².